The highest BCUT2D eigenvalue weighted by atomic mass is 16.5. The predicted molar refractivity (Wildman–Crippen MR) is 130 cm³/mol. The average Bonchev–Trinajstić information content (AvgIpc) is 3.20. The number of carbonyl (C=O) groups is 2. The fourth-order valence-electron chi connectivity index (χ4n) is 5.24. The fraction of sp³-hybridized carbons (Fsp3) is 0.333. The molecule has 0 unspecified atom stereocenters. The normalized spacial score (nSPS) is 20.5. The first-order valence-electron chi connectivity index (χ1n) is 11.2. The number of para-hydroxylation sites is 1. The number of imide groups is 1. The van der Waals surface area contributed by atoms with Gasteiger partial charge in [-0.1, -0.05) is 35.9 Å². The lowest BCUT2D eigenvalue weighted by Gasteiger charge is -2.35. The molecule has 0 bridgehead atoms. The molecule has 33 heavy (non-hydrogen) atoms. The highest BCUT2D eigenvalue weighted by Crippen LogP contribution is 2.50. The first kappa shape index (κ1) is 21.5. The molecule has 2 aliphatic rings. The number of benzene rings is 2. The number of anilines is 1. The summed E-state index contributed by atoms with van der Waals surface area (Å²) in [6.45, 7) is 8.21. The zero-order chi connectivity index (χ0) is 23.7. The Bertz CT molecular complexity index is 1330. The number of rotatable bonds is 3. The Balaban J connectivity index is 1.80. The van der Waals surface area contributed by atoms with Gasteiger partial charge in [-0.15, -0.1) is 0 Å². The Morgan fingerprint density at radius 2 is 1.67 bits per heavy atom. The first-order chi connectivity index (χ1) is 15.6. The van der Waals surface area contributed by atoms with Crippen molar-refractivity contribution < 1.29 is 14.3 Å². The van der Waals surface area contributed by atoms with E-state index in [-0.39, 0.29) is 23.4 Å². The zero-order valence-electron chi connectivity index (χ0n) is 19.9. The fourth-order valence-corrected chi connectivity index (χ4v) is 5.24. The maximum Gasteiger partial charge on any atom is 0.265 e. The molecule has 170 valence electrons. The minimum atomic E-state index is -0.675. The Kier molecular flexibility index (Phi) is 4.76. The van der Waals surface area contributed by atoms with Crippen LogP contribution in [0.1, 0.15) is 43.6 Å². The van der Waals surface area contributed by atoms with Gasteiger partial charge in [0.25, 0.3) is 5.91 Å². The third-order valence-corrected chi connectivity index (χ3v) is 6.57. The molecular formula is C27H29N3O3. The van der Waals surface area contributed by atoms with Gasteiger partial charge in [0.1, 0.15) is 0 Å². The molecule has 3 aromatic rings. The van der Waals surface area contributed by atoms with E-state index in [1.54, 1.807) is 7.11 Å². The van der Waals surface area contributed by atoms with Crippen LogP contribution in [0, 0.1) is 12.8 Å². The van der Waals surface area contributed by atoms with E-state index in [9.17, 15) is 9.59 Å². The molecule has 1 aliphatic heterocycles. The lowest BCUT2D eigenvalue weighted by Crippen LogP contribution is -2.45. The van der Waals surface area contributed by atoms with Crippen molar-refractivity contribution >= 4 is 34.2 Å². The number of aromatic nitrogens is 1. The molecule has 1 N–H and O–H groups in total. The van der Waals surface area contributed by atoms with Crippen molar-refractivity contribution in [3.63, 3.8) is 0 Å². The van der Waals surface area contributed by atoms with Gasteiger partial charge in [-0.3, -0.25) is 9.59 Å². The highest BCUT2D eigenvalue weighted by Gasteiger charge is 2.55. The van der Waals surface area contributed by atoms with Crippen LogP contribution in [0.3, 0.4) is 0 Å². The summed E-state index contributed by atoms with van der Waals surface area (Å²) in [5.74, 6) is -0.740. The van der Waals surface area contributed by atoms with E-state index in [0.29, 0.717) is 17.0 Å². The van der Waals surface area contributed by atoms with Gasteiger partial charge in [0, 0.05) is 29.1 Å². The van der Waals surface area contributed by atoms with Gasteiger partial charge in [-0.05, 0) is 45.9 Å². The standard InChI is InChI=1S/C27H29N3O3/c1-15-11-13-16(14-12-15)30-25(31)20-21(26(30)32)24(33-6)23-19(22(20)28-27(2,3)4)17-9-7-8-10-18(17)29(23)5/h7-14,20,22,28H,1-6H3/t20-,22-/m1/s1. The molecular weight excluding hydrogens is 414 g/mol. The molecule has 5 rings (SSSR count). The third kappa shape index (κ3) is 3.12. The molecule has 2 amide bonds. The number of hydrogen-bond acceptors (Lipinski definition) is 4. The van der Waals surface area contributed by atoms with E-state index in [1.165, 1.54) is 4.90 Å². The molecule has 6 heteroatoms. The van der Waals surface area contributed by atoms with Gasteiger partial charge in [0.2, 0.25) is 5.91 Å². The van der Waals surface area contributed by atoms with Crippen molar-refractivity contribution in [3.05, 3.63) is 70.9 Å². The van der Waals surface area contributed by atoms with Crippen LogP contribution in [0.15, 0.2) is 54.1 Å². The van der Waals surface area contributed by atoms with Gasteiger partial charge in [0.15, 0.2) is 5.76 Å². The Morgan fingerprint density at radius 1 is 1.00 bits per heavy atom. The molecule has 1 fully saturated rings. The summed E-state index contributed by atoms with van der Waals surface area (Å²) in [6, 6.07) is 15.2. The van der Waals surface area contributed by atoms with Crippen LogP contribution in [0.2, 0.25) is 0 Å². The van der Waals surface area contributed by atoms with Gasteiger partial charge in [-0.25, -0.2) is 4.90 Å². The minimum absolute atomic E-state index is 0.228. The van der Waals surface area contributed by atoms with Crippen molar-refractivity contribution in [2.45, 2.75) is 39.3 Å². The molecule has 2 aromatic carbocycles. The van der Waals surface area contributed by atoms with E-state index < -0.39 is 5.92 Å². The van der Waals surface area contributed by atoms with Crippen molar-refractivity contribution in [2.24, 2.45) is 13.0 Å². The number of aryl methyl sites for hydroxylation is 2. The molecule has 0 saturated carbocycles. The number of methoxy groups -OCH3 is 1. The first-order valence-corrected chi connectivity index (χ1v) is 11.2. The van der Waals surface area contributed by atoms with Crippen molar-refractivity contribution in [1.29, 1.82) is 0 Å². The second-order valence-corrected chi connectivity index (χ2v) is 9.95. The predicted octanol–water partition coefficient (Wildman–Crippen LogP) is 4.48. The topological polar surface area (TPSA) is 63.6 Å². The van der Waals surface area contributed by atoms with Crippen molar-refractivity contribution in [2.75, 3.05) is 12.0 Å². The van der Waals surface area contributed by atoms with Crippen LogP contribution in [0.5, 0.6) is 0 Å². The van der Waals surface area contributed by atoms with E-state index in [0.717, 1.165) is 27.7 Å². The van der Waals surface area contributed by atoms with E-state index >= 15 is 0 Å². The smallest absolute Gasteiger partial charge is 0.265 e. The lowest BCUT2D eigenvalue weighted by atomic mass is 9.79. The number of fused-ring (bicyclic) bond motifs is 4. The molecule has 0 radical (unpaired) electrons. The van der Waals surface area contributed by atoms with Crippen LogP contribution in [0.4, 0.5) is 5.69 Å². The summed E-state index contributed by atoms with van der Waals surface area (Å²) in [7, 11) is 3.55. The van der Waals surface area contributed by atoms with Gasteiger partial charge in [0.05, 0.1) is 36.0 Å². The maximum absolute atomic E-state index is 13.9. The third-order valence-electron chi connectivity index (χ3n) is 6.57. The maximum atomic E-state index is 13.9. The highest BCUT2D eigenvalue weighted by molar-refractivity contribution is 6.32. The lowest BCUT2D eigenvalue weighted by molar-refractivity contribution is -0.122. The summed E-state index contributed by atoms with van der Waals surface area (Å²) in [5.41, 5.74) is 4.67. The number of carbonyl (C=O) groups excluding carboxylic acids is 2. The summed E-state index contributed by atoms with van der Waals surface area (Å²) < 4.78 is 7.94. The minimum Gasteiger partial charge on any atom is -0.494 e. The SMILES string of the molecule is COC1=C2C(=O)N(c3ccc(C)cc3)C(=O)[C@H]2[C@H](NC(C)(C)C)c2c1n(C)c1ccccc21. The van der Waals surface area contributed by atoms with E-state index in [2.05, 4.69) is 42.8 Å². The summed E-state index contributed by atoms with van der Waals surface area (Å²) in [5, 5.41) is 4.72. The number of nitrogens with zero attached hydrogens (tertiary/aromatic N) is 2. The van der Waals surface area contributed by atoms with Gasteiger partial charge < -0.3 is 14.6 Å². The zero-order valence-corrected chi connectivity index (χ0v) is 19.9. The largest absolute Gasteiger partial charge is 0.494 e. The second-order valence-electron chi connectivity index (χ2n) is 9.95. The summed E-state index contributed by atoms with van der Waals surface area (Å²) >= 11 is 0. The van der Waals surface area contributed by atoms with Gasteiger partial charge >= 0.3 is 0 Å². The molecule has 1 saturated heterocycles. The van der Waals surface area contributed by atoms with Crippen LogP contribution >= 0.6 is 0 Å². The van der Waals surface area contributed by atoms with Crippen LogP contribution < -0.4 is 10.2 Å². The van der Waals surface area contributed by atoms with Crippen molar-refractivity contribution in [3.8, 4) is 0 Å². The Labute approximate surface area is 193 Å². The summed E-state index contributed by atoms with van der Waals surface area (Å²) in [4.78, 5) is 29.0. The number of hydrogen-bond donors (Lipinski definition) is 1. The Morgan fingerprint density at radius 3 is 2.30 bits per heavy atom. The number of amides is 2. The number of ether oxygens (including phenoxy) is 1. The molecule has 2 heterocycles. The monoisotopic (exact) mass is 443 g/mol. The second kappa shape index (κ2) is 7.32. The molecule has 2 atom stereocenters. The van der Waals surface area contributed by atoms with Crippen LogP contribution in [0.25, 0.3) is 16.7 Å². The molecule has 1 aliphatic carbocycles. The molecule has 1 aromatic heterocycles. The molecule has 6 nitrogen and oxygen atoms in total. The van der Waals surface area contributed by atoms with Crippen LogP contribution in [-0.4, -0.2) is 29.0 Å². The van der Waals surface area contributed by atoms with E-state index in [1.807, 2.05) is 50.4 Å². The van der Waals surface area contributed by atoms with Gasteiger partial charge in [-0.2, -0.15) is 0 Å². The molecule has 0 spiro atoms. The quantitative estimate of drug-likeness (QED) is 0.607. The Hall–Kier alpha value is -3.38. The van der Waals surface area contributed by atoms with Crippen LogP contribution in [-0.2, 0) is 21.4 Å². The average molecular weight is 444 g/mol. The van der Waals surface area contributed by atoms with E-state index in [4.69, 9.17) is 4.74 Å². The number of nitrogens with one attached hydrogen (secondary N) is 1. The summed E-state index contributed by atoms with van der Waals surface area (Å²) in [6.07, 6.45) is 0. The van der Waals surface area contributed by atoms with Crippen molar-refractivity contribution in [1.82, 2.24) is 9.88 Å².